The summed E-state index contributed by atoms with van der Waals surface area (Å²) in [6.07, 6.45) is 5.45. The Bertz CT molecular complexity index is 859. The summed E-state index contributed by atoms with van der Waals surface area (Å²) in [5.41, 5.74) is 2.21. The van der Waals surface area contributed by atoms with Crippen LogP contribution in [-0.4, -0.2) is 77.9 Å². The van der Waals surface area contributed by atoms with Crippen LogP contribution in [0.2, 0.25) is 0 Å². The van der Waals surface area contributed by atoms with Crippen molar-refractivity contribution in [1.29, 1.82) is 0 Å². The largest absolute Gasteiger partial charge is 0.378 e. The monoisotopic (exact) mass is 538 g/mol. The van der Waals surface area contributed by atoms with Gasteiger partial charge in [-0.25, -0.2) is 4.68 Å². The van der Waals surface area contributed by atoms with Gasteiger partial charge in [0.1, 0.15) is 0 Å². The van der Waals surface area contributed by atoms with Gasteiger partial charge in [0, 0.05) is 58.1 Å². The fourth-order valence-corrected chi connectivity index (χ4v) is 4.12. The molecule has 2 fully saturated rings. The van der Waals surface area contributed by atoms with Crippen LogP contribution < -0.4 is 5.32 Å². The van der Waals surface area contributed by atoms with E-state index in [2.05, 4.69) is 32.4 Å². The smallest absolute Gasteiger partial charge is 0.225 e. The number of hydrogen-bond acceptors (Lipinski definition) is 4. The molecule has 168 valence electrons. The summed E-state index contributed by atoms with van der Waals surface area (Å²) in [6, 6.07) is 10.2. The average molecular weight is 538 g/mol. The number of halogens is 1. The maximum Gasteiger partial charge on any atom is 0.225 e. The molecule has 4 rings (SSSR count). The van der Waals surface area contributed by atoms with Crippen LogP contribution in [0.4, 0.5) is 0 Å². The summed E-state index contributed by atoms with van der Waals surface area (Å²) in [5, 5.41) is 7.76. The van der Waals surface area contributed by atoms with Crippen LogP contribution in [0.1, 0.15) is 18.4 Å². The molecule has 0 radical (unpaired) electrons. The van der Waals surface area contributed by atoms with E-state index < -0.39 is 0 Å². The van der Waals surface area contributed by atoms with Crippen LogP contribution in [0.15, 0.2) is 47.7 Å². The number of nitrogens with zero attached hydrogens (tertiary/aromatic N) is 5. The van der Waals surface area contributed by atoms with Crippen molar-refractivity contribution in [3.8, 4) is 5.69 Å². The van der Waals surface area contributed by atoms with Crippen molar-refractivity contribution in [3.05, 3.63) is 48.3 Å². The lowest BCUT2D eigenvalue weighted by Gasteiger charge is -2.36. The zero-order valence-electron chi connectivity index (χ0n) is 17.9. The number of aliphatic imine (C=N–C) groups is 1. The number of benzene rings is 1. The van der Waals surface area contributed by atoms with Gasteiger partial charge in [0.05, 0.1) is 18.9 Å². The first-order valence-electron chi connectivity index (χ1n) is 10.7. The number of guanidine groups is 1. The molecule has 9 heteroatoms. The lowest BCUT2D eigenvalue weighted by molar-refractivity contribution is -0.140. The van der Waals surface area contributed by atoms with Crippen molar-refractivity contribution in [2.24, 2.45) is 10.9 Å². The van der Waals surface area contributed by atoms with Gasteiger partial charge >= 0.3 is 0 Å². The van der Waals surface area contributed by atoms with Crippen molar-refractivity contribution >= 4 is 35.8 Å². The molecule has 1 aromatic heterocycles. The molecule has 31 heavy (non-hydrogen) atoms. The van der Waals surface area contributed by atoms with Gasteiger partial charge in [-0.05, 0) is 36.6 Å². The Labute approximate surface area is 200 Å². The van der Waals surface area contributed by atoms with Crippen LogP contribution in [0.5, 0.6) is 0 Å². The minimum atomic E-state index is 0. The Kier molecular flexibility index (Phi) is 8.70. The summed E-state index contributed by atoms with van der Waals surface area (Å²) < 4.78 is 7.22. The first kappa shape index (κ1) is 23.5. The summed E-state index contributed by atoms with van der Waals surface area (Å²) in [7, 11) is 1.81. The van der Waals surface area contributed by atoms with E-state index in [0.717, 1.165) is 50.7 Å². The number of carbonyl (C=O) groups excluding carboxylic acids is 1. The molecule has 0 aliphatic carbocycles. The van der Waals surface area contributed by atoms with Crippen LogP contribution in [0.25, 0.3) is 5.69 Å². The molecule has 0 bridgehead atoms. The molecule has 2 aliphatic rings. The molecule has 1 aromatic carbocycles. The van der Waals surface area contributed by atoms with Gasteiger partial charge in [-0.2, -0.15) is 5.10 Å². The molecule has 0 atom stereocenters. The molecule has 0 unspecified atom stereocenters. The predicted molar refractivity (Wildman–Crippen MR) is 131 cm³/mol. The number of aromatic nitrogens is 2. The highest BCUT2D eigenvalue weighted by Crippen LogP contribution is 2.20. The summed E-state index contributed by atoms with van der Waals surface area (Å²) >= 11 is 0. The second kappa shape index (κ2) is 11.5. The zero-order chi connectivity index (χ0) is 20.8. The number of likely N-dealkylation sites (tertiary alicyclic amines) is 1. The van der Waals surface area contributed by atoms with Crippen LogP contribution >= 0.6 is 24.0 Å². The number of rotatable bonds is 4. The normalized spacial score (nSPS) is 17.9. The Hall–Kier alpha value is -2.14. The molecule has 3 heterocycles. The molecule has 2 saturated heterocycles. The maximum atomic E-state index is 12.7. The van der Waals surface area contributed by atoms with Crippen molar-refractivity contribution in [3.63, 3.8) is 0 Å². The van der Waals surface area contributed by atoms with Gasteiger partial charge in [-0.15, -0.1) is 24.0 Å². The summed E-state index contributed by atoms with van der Waals surface area (Å²) in [5.74, 6) is 1.29. The minimum Gasteiger partial charge on any atom is -0.378 e. The number of piperidine rings is 1. The van der Waals surface area contributed by atoms with E-state index in [0.29, 0.717) is 19.8 Å². The Morgan fingerprint density at radius 3 is 2.61 bits per heavy atom. The number of carbonyl (C=O) groups is 1. The molecule has 1 amide bonds. The summed E-state index contributed by atoms with van der Waals surface area (Å²) in [4.78, 5) is 21.4. The topological polar surface area (TPSA) is 75.0 Å². The molecule has 1 N–H and O–H groups in total. The molecule has 8 nitrogen and oxygen atoms in total. The lowest BCUT2D eigenvalue weighted by atomic mass is 9.95. The van der Waals surface area contributed by atoms with Crippen molar-refractivity contribution < 1.29 is 9.53 Å². The predicted octanol–water partition coefficient (Wildman–Crippen LogP) is 2.14. The molecule has 0 spiro atoms. The van der Waals surface area contributed by atoms with E-state index in [9.17, 15) is 4.79 Å². The van der Waals surface area contributed by atoms with Crippen molar-refractivity contribution in [2.45, 2.75) is 19.4 Å². The van der Waals surface area contributed by atoms with E-state index in [-0.39, 0.29) is 35.8 Å². The molecule has 2 aliphatic heterocycles. The number of hydrogen-bond donors (Lipinski definition) is 1. The number of ether oxygens (including phenoxy) is 1. The third-order valence-electron chi connectivity index (χ3n) is 5.81. The highest BCUT2D eigenvalue weighted by molar-refractivity contribution is 14.0. The van der Waals surface area contributed by atoms with Gasteiger partial charge in [0.25, 0.3) is 0 Å². The number of nitrogens with one attached hydrogen (secondary N) is 1. The number of amides is 1. The second-order valence-electron chi connectivity index (χ2n) is 7.72. The van der Waals surface area contributed by atoms with E-state index in [1.807, 2.05) is 41.0 Å². The zero-order valence-corrected chi connectivity index (χ0v) is 20.3. The molecule has 2 aromatic rings. The van der Waals surface area contributed by atoms with E-state index >= 15 is 0 Å². The van der Waals surface area contributed by atoms with Gasteiger partial charge in [0.2, 0.25) is 5.91 Å². The third kappa shape index (κ3) is 5.97. The standard InChI is InChI=1S/C22H30N6O2.HI/c1-23-22(24-17-18-4-2-5-20(16-18)28-9-3-8-25-28)27-10-6-19(7-11-27)21(29)26-12-14-30-15-13-26;/h2-5,8-9,16,19H,6-7,10-15,17H2,1H3,(H,23,24);1H. The van der Waals surface area contributed by atoms with E-state index in [1.165, 1.54) is 5.56 Å². The summed E-state index contributed by atoms with van der Waals surface area (Å²) in [6.45, 7) is 5.13. The fourth-order valence-electron chi connectivity index (χ4n) is 4.12. The van der Waals surface area contributed by atoms with Crippen LogP contribution in [0, 0.1) is 5.92 Å². The van der Waals surface area contributed by atoms with Gasteiger partial charge < -0.3 is 19.9 Å². The minimum absolute atomic E-state index is 0. The van der Waals surface area contributed by atoms with Crippen LogP contribution in [-0.2, 0) is 16.1 Å². The Balaban J connectivity index is 0.00000272. The highest BCUT2D eigenvalue weighted by Gasteiger charge is 2.30. The van der Waals surface area contributed by atoms with Gasteiger partial charge in [-0.3, -0.25) is 9.79 Å². The third-order valence-corrected chi connectivity index (χ3v) is 5.81. The SMILES string of the molecule is CN=C(NCc1cccc(-n2cccn2)c1)N1CCC(C(=O)N2CCOCC2)CC1.I. The van der Waals surface area contributed by atoms with E-state index in [1.54, 1.807) is 6.20 Å². The van der Waals surface area contributed by atoms with Crippen LogP contribution in [0.3, 0.4) is 0 Å². The first-order valence-corrected chi connectivity index (χ1v) is 10.7. The maximum absolute atomic E-state index is 12.7. The molecular weight excluding hydrogens is 507 g/mol. The lowest BCUT2D eigenvalue weighted by Crippen LogP contribution is -2.49. The molecule has 0 saturated carbocycles. The van der Waals surface area contributed by atoms with E-state index in [4.69, 9.17) is 4.74 Å². The van der Waals surface area contributed by atoms with Gasteiger partial charge in [0.15, 0.2) is 5.96 Å². The fraction of sp³-hybridized carbons (Fsp3) is 0.500. The molecular formula is C22H31IN6O2. The van der Waals surface area contributed by atoms with Crippen molar-refractivity contribution in [1.82, 2.24) is 24.9 Å². The first-order chi connectivity index (χ1) is 14.7. The number of morpholine rings is 1. The average Bonchev–Trinajstić information content (AvgIpc) is 3.35. The second-order valence-corrected chi connectivity index (χ2v) is 7.72. The highest BCUT2D eigenvalue weighted by atomic mass is 127. The van der Waals surface area contributed by atoms with Gasteiger partial charge in [-0.1, -0.05) is 12.1 Å². The Morgan fingerprint density at radius 1 is 1.16 bits per heavy atom. The quantitative estimate of drug-likeness (QED) is 0.367. The van der Waals surface area contributed by atoms with Crippen molar-refractivity contribution in [2.75, 3.05) is 46.4 Å². The Morgan fingerprint density at radius 2 is 1.94 bits per heavy atom.